The van der Waals surface area contributed by atoms with Crippen LogP contribution in [0.15, 0.2) is 0 Å². The Balaban J connectivity index is 1.99. The van der Waals surface area contributed by atoms with E-state index < -0.39 is 6.17 Å². The van der Waals surface area contributed by atoms with Crippen LogP contribution in [0.25, 0.3) is 0 Å². The molecule has 0 aromatic rings. The Bertz CT molecular complexity index is 120. The van der Waals surface area contributed by atoms with Crippen LogP contribution in [0.1, 0.15) is 25.7 Å². The van der Waals surface area contributed by atoms with E-state index in [2.05, 4.69) is 5.32 Å². The fraction of sp³-hybridized carbons (Fsp3) is 1.00. The van der Waals surface area contributed by atoms with Crippen LogP contribution in [0.3, 0.4) is 0 Å². The van der Waals surface area contributed by atoms with Gasteiger partial charge in [-0.15, -0.1) is 0 Å². The first kappa shape index (κ1) is 5.66. The first-order valence-electron chi connectivity index (χ1n) is 3.70. The topological polar surface area (TPSA) is 12.0 Å². The van der Waals surface area contributed by atoms with Crippen molar-refractivity contribution in [2.45, 2.75) is 37.4 Å². The zero-order valence-electron chi connectivity index (χ0n) is 5.49. The van der Waals surface area contributed by atoms with Crippen LogP contribution in [0.5, 0.6) is 0 Å². The minimum absolute atomic E-state index is 0.263. The van der Waals surface area contributed by atoms with Gasteiger partial charge in [0, 0.05) is 12.1 Å². The molecule has 2 heteroatoms. The van der Waals surface area contributed by atoms with Crippen molar-refractivity contribution < 1.29 is 4.39 Å². The maximum atomic E-state index is 12.6. The van der Waals surface area contributed by atoms with Crippen molar-refractivity contribution >= 4 is 0 Å². The van der Waals surface area contributed by atoms with Gasteiger partial charge in [-0.3, -0.25) is 0 Å². The summed E-state index contributed by atoms with van der Waals surface area (Å²) in [6.45, 7) is 0.597. The van der Waals surface area contributed by atoms with Crippen LogP contribution in [-0.2, 0) is 0 Å². The molecule has 1 saturated heterocycles. The third-order valence-electron chi connectivity index (χ3n) is 2.62. The molecule has 0 amide bonds. The highest BCUT2D eigenvalue weighted by Gasteiger charge is 2.43. The molecule has 1 aliphatic heterocycles. The van der Waals surface area contributed by atoms with Crippen LogP contribution < -0.4 is 5.32 Å². The largest absolute Gasteiger partial charge is 0.308 e. The van der Waals surface area contributed by atoms with E-state index in [-0.39, 0.29) is 5.54 Å². The summed E-state index contributed by atoms with van der Waals surface area (Å²) >= 11 is 0. The Morgan fingerprint density at radius 2 is 2.22 bits per heavy atom. The first-order chi connectivity index (χ1) is 4.31. The Labute approximate surface area is 54.6 Å². The zero-order valence-corrected chi connectivity index (χ0v) is 5.49. The summed E-state index contributed by atoms with van der Waals surface area (Å²) in [5.74, 6) is 0. The minimum atomic E-state index is -0.565. The maximum absolute atomic E-state index is 12.6. The van der Waals surface area contributed by atoms with Crippen LogP contribution in [0.2, 0.25) is 0 Å². The summed E-state index contributed by atoms with van der Waals surface area (Å²) < 4.78 is 12.6. The molecule has 1 nitrogen and oxygen atoms in total. The maximum Gasteiger partial charge on any atom is 0.114 e. The molecule has 52 valence electrons. The van der Waals surface area contributed by atoms with Gasteiger partial charge in [0.05, 0.1) is 0 Å². The molecular weight excluding hydrogens is 117 g/mol. The van der Waals surface area contributed by atoms with Crippen LogP contribution in [-0.4, -0.2) is 18.3 Å². The van der Waals surface area contributed by atoms with Crippen molar-refractivity contribution in [1.29, 1.82) is 0 Å². The monoisotopic (exact) mass is 129 g/mol. The quantitative estimate of drug-likeness (QED) is 0.519. The molecule has 9 heavy (non-hydrogen) atoms. The Morgan fingerprint density at radius 1 is 1.44 bits per heavy atom. The second-order valence-electron chi connectivity index (χ2n) is 3.32. The summed E-state index contributed by atoms with van der Waals surface area (Å²) in [7, 11) is 0. The van der Waals surface area contributed by atoms with Crippen LogP contribution in [0, 0.1) is 0 Å². The number of nitrogens with one attached hydrogen (secondary N) is 1. The summed E-state index contributed by atoms with van der Waals surface area (Å²) in [6.07, 6.45) is 3.90. The van der Waals surface area contributed by atoms with E-state index in [0.717, 1.165) is 6.42 Å². The molecule has 2 aliphatic rings. The molecule has 1 saturated carbocycles. The normalized spacial score (nSPS) is 39.0. The molecule has 0 unspecified atom stereocenters. The highest BCUT2D eigenvalue weighted by atomic mass is 19.1. The molecule has 0 radical (unpaired) electrons. The number of alkyl halides is 1. The predicted molar refractivity (Wildman–Crippen MR) is 34.1 cm³/mol. The Hall–Kier alpha value is -0.110. The average molecular weight is 129 g/mol. The highest BCUT2D eigenvalue weighted by molar-refractivity contribution is 5.02. The van der Waals surface area contributed by atoms with Gasteiger partial charge in [0.15, 0.2) is 0 Å². The SMILES string of the molecule is F[C@@H]1CNC2(CCC2)C1. The second-order valence-corrected chi connectivity index (χ2v) is 3.32. The lowest BCUT2D eigenvalue weighted by atomic mass is 9.76. The fourth-order valence-electron chi connectivity index (χ4n) is 1.88. The molecule has 2 rings (SSSR count). The molecule has 1 atom stereocenters. The van der Waals surface area contributed by atoms with Gasteiger partial charge in [0.2, 0.25) is 0 Å². The zero-order chi connectivity index (χ0) is 6.32. The van der Waals surface area contributed by atoms with Crippen molar-refractivity contribution in [3.63, 3.8) is 0 Å². The summed E-state index contributed by atoms with van der Waals surface area (Å²) in [5.41, 5.74) is 0.263. The standard InChI is InChI=1S/C7H12FN/c8-6-4-7(9-5-6)2-1-3-7/h6,9H,1-5H2/t6-/m0/s1. The van der Waals surface area contributed by atoms with E-state index in [4.69, 9.17) is 0 Å². The molecular formula is C7H12FN. The van der Waals surface area contributed by atoms with Crippen molar-refractivity contribution in [3.8, 4) is 0 Å². The minimum Gasteiger partial charge on any atom is -0.308 e. The van der Waals surface area contributed by atoms with E-state index >= 15 is 0 Å². The molecule has 0 aromatic heterocycles. The Kier molecular flexibility index (Phi) is 1.06. The van der Waals surface area contributed by atoms with Gasteiger partial charge >= 0.3 is 0 Å². The van der Waals surface area contributed by atoms with Gasteiger partial charge in [-0.05, 0) is 25.7 Å². The van der Waals surface area contributed by atoms with Crippen molar-refractivity contribution in [2.24, 2.45) is 0 Å². The van der Waals surface area contributed by atoms with Gasteiger partial charge < -0.3 is 5.32 Å². The van der Waals surface area contributed by atoms with Crippen molar-refractivity contribution in [2.75, 3.05) is 6.54 Å². The molecule has 2 fully saturated rings. The molecule has 1 aliphatic carbocycles. The van der Waals surface area contributed by atoms with Gasteiger partial charge in [0.1, 0.15) is 6.17 Å². The van der Waals surface area contributed by atoms with E-state index in [9.17, 15) is 4.39 Å². The van der Waals surface area contributed by atoms with E-state index in [0.29, 0.717) is 6.54 Å². The van der Waals surface area contributed by atoms with Crippen LogP contribution >= 0.6 is 0 Å². The summed E-state index contributed by atoms with van der Waals surface area (Å²) in [4.78, 5) is 0. The summed E-state index contributed by atoms with van der Waals surface area (Å²) in [5, 5.41) is 3.24. The van der Waals surface area contributed by atoms with Crippen LogP contribution in [0.4, 0.5) is 4.39 Å². The van der Waals surface area contributed by atoms with Gasteiger partial charge in [-0.2, -0.15) is 0 Å². The number of halogens is 1. The predicted octanol–water partition coefficient (Wildman–Crippen LogP) is 1.24. The highest BCUT2D eigenvalue weighted by Crippen LogP contribution is 2.39. The summed E-state index contributed by atoms with van der Waals surface area (Å²) in [6, 6.07) is 0. The van der Waals surface area contributed by atoms with Gasteiger partial charge in [-0.25, -0.2) is 4.39 Å². The third-order valence-corrected chi connectivity index (χ3v) is 2.62. The van der Waals surface area contributed by atoms with E-state index in [1.54, 1.807) is 0 Å². The number of hydrogen-bond acceptors (Lipinski definition) is 1. The lowest BCUT2D eigenvalue weighted by Crippen LogP contribution is -2.45. The van der Waals surface area contributed by atoms with Gasteiger partial charge in [-0.1, -0.05) is 0 Å². The second kappa shape index (κ2) is 1.69. The molecule has 0 bridgehead atoms. The van der Waals surface area contributed by atoms with E-state index in [1.165, 1.54) is 19.3 Å². The lowest BCUT2D eigenvalue weighted by molar-refractivity contribution is 0.202. The van der Waals surface area contributed by atoms with E-state index in [1.807, 2.05) is 0 Å². The number of hydrogen-bond donors (Lipinski definition) is 1. The molecule has 0 aromatic carbocycles. The Morgan fingerprint density at radius 3 is 2.44 bits per heavy atom. The smallest absolute Gasteiger partial charge is 0.114 e. The third kappa shape index (κ3) is 0.767. The first-order valence-corrected chi connectivity index (χ1v) is 3.70. The average Bonchev–Trinajstić information content (AvgIpc) is 2.09. The van der Waals surface area contributed by atoms with Crippen molar-refractivity contribution in [1.82, 2.24) is 5.32 Å². The van der Waals surface area contributed by atoms with Crippen molar-refractivity contribution in [3.05, 3.63) is 0 Å². The lowest BCUT2D eigenvalue weighted by Gasteiger charge is -2.38. The number of rotatable bonds is 0. The molecule has 1 N–H and O–H groups in total. The van der Waals surface area contributed by atoms with Gasteiger partial charge in [0.25, 0.3) is 0 Å². The molecule has 1 heterocycles. The molecule has 1 spiro atoms. The fourth-order valence-corrected chi connectivity index (χ4v) is 1.88.